The molecular weight excluding hydrogens is 323 g/mol. The van der Waals surface area contributed by atoms with Crippen LogP contribution in [0.25, 0.3) is 0 Å². The van der Waals surface area contributed by atoms with E-state index in [1.165, 1.54) is 0 Å². The van der Waals surface area contributed by atoms with Crippen molar-refractivity contribution in [3.8, 4) is 11.5 Å². The minimum Gasteiger partial charge on any atom is -0.508 e. The van der Waals surface area contributed by atoms with Crippen LogP contribution < -0.4 is 0 Å². The third-order valence-corrected chi connectivity index (χ3v) is 2.61. The summed E-state index contributed by atoms with van der Waals surface area (Å²) in [4.78, 5) is 0. The molecule has 2 nitrogen and oxygen atoms in total. The molecule has 0 saturated carbocycles. The molecule has 0 amide bonds. The summed E-state index contributed by atoms with van der Waals surface area (Å²) in [6, 6.07) is -0.417. The van der Waals surface area contributed by atoms with Crippen molar-refractivity contribution in [3.63, 3.8) is 0 Å². The van der Waals surface area contributed by atoms with Crippen molar-refractivity contribution in [1.29, 1.82) is 0 Å². The van der Waals surface area contributed by atoms with Gasteiger partial charge in [-0.05, 0) is 17.7 Å². The van der Waals surface area contributed by atoms with E-state index in [0.717, 1.165) is 0 Å². The van der Waals surface area contributed by atoms with Crippen LogP contribution in [-0.4, -0.2) is 28.7 Å². The maximum Gasteiger partial charge on any atom is 0.416 e. The molecule has 0 heterocycles. The second-order valence-corrected chi connectivity index (χ2v) is 3.98. The summed E-state index contributed by atoms with van der Waals surface area (Å²) in [5.41, 5.74) is -8.61. The molecule has 0 spiro atoms. The zero-order valence-corrected chi connectivity index (χ0v) is 9.53. The number of benzene rings is 1. The molecule has 0 atom stereocenters. The first-order valence-corrected chi connectivity index (χ1v) is 4.88. The van der Waals surface area contributed by atoms with Crippen molar-refractivity contribution in [1.82, 2.24) is 0 Å². The van der Waals surface area contributed by atoms with Crippen LogP contribution >= 0.6 is 0 Å². The maximum atomic E-state index is 12.7. The first-order valence-electron chi connectivity index (χ1n) is 4.88. The van der Waals surface area contributed by atoms with Crippen LogP contribution in [0.3, 0.4) is 0 Å². The third-order valence-electron chi connectivity index (χ3n) is 2.61. The van der Waals surface area contributed by atoms with Crippen LogP contribution in [0, 0.1) is 0 Å². The van der Waals surface area contributed by atoms with E-state index in [0.29, 0.717) is 0 Å². The molecule has 0 radical (unpaired) electrons. The molecule has 120 valence electrons. The van der Waals surface area contributed by atoms with Crippen molar-refractivity contribution in [3.05, 3.63) is 23.8 Å². The predicted molar refractivity (Wildman–Crippen MR) is 49.6 cm³/mol. The summed E-state index contributed by atoms with van der Waals surface area (Å²) >= 11 is 0. The lowest BCUT2D eigenvalue weighted by Crippen LogP contribution is -2.63. The van der Waals surface area contributed by atoms with Gasteiger partial charge in [0.25, 0.3) is 5.41 Å². The van der Waals surface area contributed by atoms with Gasteiger partial charge in [-0.15, -0.1) is 0 Å². The third kappa shape index (κ3) is 2.56. The first-order chi connectivity index (χ1) is 9.14. The topological polar surface area (TPSA) is 40.5 Å². The van der Waals surface area contributed by atoms with Gasteiger partial charge in [0.2, 0.25) is 0 Å². The molecular formula is C10H5F9O2. The highest BCUT2D eigenvalue weighted by Crippen LogP contribution is 2.60. The van der Waals surface area contributed by atoms with E-state index in [-0.39, 0.29) is 18.2 Å². The molecule has 0 unspecified atom stereocenters. The molecule has 0 aliphatic carbocycles. The van der Waals surface area contributed by atoms with E-state index in [2.05, 4.69) is 0 Å². The van der Waals surface area contributed by atoms with Crippen LogP contribution in [-0.2, 0) is 5.41 Å². The zero-order chi connectivity index (χ0) is 16.9. The van der Waals surface area contributed by atoms with Crippen molar-refractivity contribution in [2.45, 2.75) is 23.9 Å². The van der Waals surface area contributed by atoms with Gasteiger partial charge in [0.05, 0.1) is 0 Å². The van der Waals surface area contributed by atoms with Crippen molar-refractivity contribution in [2.24, 2.45) is 0 Å². The zero-order valence-electron chi connectivity index (χ0n) is 9.53. The minimum absolute atomic E-state index is 0.289. The maximum absolute atomic E-state index is 12.7. The SMILES string of the molecule is Oc1cc(O)cc(C(C(F)(F)F)(C(F)(F)F)C(F)(F)F)c1. The number of alkyl halides is 9. The average molecular weight is 328 g/mol. The number of phenolic OH excluding ortho intramolecular Hbond substituents is 2. The monoisotopic (exact) mass is 328 g/mol. The lowest BCUT2D eigenvalue weighted by molar-refractivity contribution is -0.387. The van der Waals surface area contributed by atoms with Crippen LogP contribution in [0.5, 0.6) is 11.5 Å². The molecule has 0 fully saturated rings. The number of rotatable bonds is 1. The van der Waals surface area contributed by atoms with Crippen molar-refractivity contribution >= 4 is 0 Å². The summed E-state index contributed by atoms with van der Waals surface area (Å²) in [5.74, 6) is -2.76. The van der Waals surface area contributed by atoms with Crippen molar-refractivity contribution in [2.75, 3.05) is 0 Å². The summed E-state index contributed by atoms with van der Waals surface area (Å²) < 4.78 is 114. The quantitative estimate of drug-likeness (QED) is 0.765. The number of hydrogen-bond acceptors (Lipinski definition) is 2. The Hall–Kier alpha value is -1.81. The average Bonchev–Trinajstić information content (AvgIpc) is 2.07. The molecule has 1 rings (SSSR count). The Labute approximate surface area is 110 Å². The molecule has 0 aromatic heterocycles. The standard InChI is InChI=1S/C10H5F9O2/c11-8(12,13)7(9(14,15)16,10(17,18)19)4-1-5(20)3-6(21)2-4/h1-3,20-21H. The number of phenols is 2. The van der Waals surface area contributed by atoms with E-state index in [1.807, 2.05) is 0 Å². The summed E-state index contributed by atoms with van der Waals surface area (Å²) in [7, 11) is 0. The summed E-state index contributed by atoms with van der Waals surface area (Å²) in [6.07, 6.45) is -20.4. The van der Waals surface area contributed by atoms with Crippen LogP contribution in [0.4, 0.5) is 39.5 Å². The predicted octanol–water partition coefficient (Wildman–Crippen LogP) is 4.02. The summed E-state index contributed by atoms with van der Waals surface area (Å²) in [5, 5.41) is 17.8. The Morgan fingerprint density at radius 1 is 0.571 bits per heavy atom. The molecule has 1 aromatic rings. The van der Waals surface area contributed by atoms with E-state index in [9.17, 15) is 39.5 Å². The fraction of sp³-hybridized carbons (Fsp3) is 0.400. The molecule has 0 aliphatic rings. The highest BCUT2D eigenvalue weighted by atomic mass is 19.4. The highest BCUT2D eigenvalue weighted by Gasteiger charge is 2.84. The van der Waals surface area contributed by atoms with E-state index >= 15 is 0 Å². The van der Waals surface area contributed by atoms with Gasteiger partial charge in [0.15, 0.2) is 0 Å². The Balaban J connectivity index is 3.90. The van der Waals surface area contributed by atoms with E-state index in [4.69, 9.17) is 10.2 Å². The van der Waals surface area contributed by atoms with Crippen molar-refractivity contribution < 1.29 is 49.7 Å². The van der Waals surface area contributed by atoms with Gasteiger partial charge in [-0.25, -0.2) is 0 Å². The highest BCUT2D eigenvalue weighted by molar-refractivity contribution is 5.43. The molecule has 21 heavy (non-hydrogen) atoms. The second kappa shape index (κ2) is 4.60. The van der Waals surface area contributed by atoms with Gasteiger partial charge in [-0.1, -0.05) is 0 Å². The molecule has 1 aromatic carbocycles. The summed E-state index contributed by atoms with van der Waals surface area (Å²) in [6.45, 7) is 0. The fourth-order valence-electron chi connectivity index (χ4n) is 1.78. The second-order valence-electron chi connectivity index (χ2n) is 3.98. The smallest absolute Gasteiger partial charge is 0.416 e. The fourth-order valence-corrected chi connectivity index (χ4v) is 1.78. The minimum atomic E-state index is -6.80. The normalized spacial score (nSPS) is 14.3. The van der Waals surface area contributed by atoms with Gasteiger partial charge >= 0.3 is 18.5 Å². The Bertz CT molecular complexity index is 471. The van der Waals surface area contributed by atoms with Crippen LogP contribution in [0.15, 0.2) is 18.2 Å². The largest absolute Gasteiger partial charge is 0.508 e. The Morgan fingerprint density at radius 3 is 1.10 bits per heavy atom. The lowest BCUT2D eigenvalue weighted by Gasteiger charge is -2.38. The van der Waals surface area contributed by atoms with E-state index < -0.39 is 41.0 Å². The number of halogens is 9. The molecule has 2 N–H and O–H groups in total. The molecule has 0 aliphatic heterocycles. The molecule has 0 saturated heterocycles. The number of aromatic hydroxyl groups is 2. The Morgan fingerprint density at radius 2 is 0.857 bits per heavy atom. The van der Waals surface area contributed by atoms with Gasteiger partial charge in [-0.3, -0.25) is 0 Å². The van der Waals surface area contributed by atoms with Gasteiger partial charge in [0, 0.05) is 6.07 Å². The molecule has 0 bridgehead atoms. The van der Waals surface area contributed by atoms with Gasteiger partial charge in [0.1, 0.15) is 11.5 Å². The van der Waals surface area contributed by atoms with E-state index in [1.54, 1.807) is 0 Å². The molecule has 11 heteroatoms. The first kappa shape index (κ1) is 17.2. The van der Waals surface area contributed by atoms with Crippen LogP contribution in [0.2, 0.25) is 0 Å². The van der Waals surface area contributed by atoms with Crippen LogP contribution in [0.1, 0.15) is 5.56 Å². The Kier molecular flexibility index (Phi) is 3.78. The lowest BCUT2D eigenvalue weighted by atomic mass is 9.77. The van der Waals surface area contributed by atoms with Gasteiger partial charge < -0.3 is 10.2 Å². The van der Waals surface area contributed by atoms with Gasteiger partial charge in [-0.2, -0.15) is 39.5 Å². The number of hydrogen-bond donors (Lipinski definition) is 2.